The minimum atomic E-state index is -0.309. The van der Waals surface area contributed by atoms with Gasteiger partial charge in [0.25, 0.3) is 0 Å². The third-order valence-corrected chi connectivity index (χ3v) is 1.56. The quantitative estimate of drug-likeness (QED) is 0.610. The van der Waals surface area contributed by atoms with E-state index in [2.05, 4.69) is 10.3 Å². The van der Waals surface area contributed by atoms with Gasteiger partial charge < -0.3 is 10.1 Å². The minimum absolute atomic E-state index is 0.309. The van der Waals surface area contributed by atoms with E-state index in [-0.39, 0.29) is 5.72 Å². The fraction of sp³-hybridized carbons (Fsp3) is 0.375. The second-order valence-electron chi connectivity index (χ2n) is 3.09. The molecule has 0 saturated carbocycles. The summed E-state index contributed by atoms with van der Waals surface area (Å²) in [6.07, 6.45) is 1.72. The molecule has 0 unspecified atom stereocenters. The summed E-state index contributed by atoms with van der Waals surface area (Å²) in [7, 11) is 0. The maximum atomic E-state index is 5.47. The number of aromatic nitrogens is 1. The van der Waals surface area contributed by atoms with E-state index in [4.69, 9.17) is 4.74 Å². The molecular formula is C8H10N2O. The topological polar surface area (TPSA) is 34.2 Å². The molecule has 11 heavy (non-hydrogen) atoms. The number of pyridine rings is 1. The van der Waals surface area contributed by atoms with Gasteiger partial charge >= 0.3 is 0 Å². The second kappa shape index (κ2) is 1.87. The molecule has 1 aliphatic heterocycles. The molecule has 3 nitrogen and oxygen atoms in total. The number of hydrogen-bond donors (Lipinski definition) is 1. The largest absolute Gasteiger partial charge is 0.450 e. The summed E-state index contributed by atoms with van der Waals surface area (Å²) >= 11 is 0. The lowest BCUT2D eigenvalue weighted by atomic mass is 10.3. The van der Waals surface area contributed by atoms with Crippen LogP contribution in [0.4, 0.5) is 5.69 Å². The van der Waals surface area contributed by atoms with Crippen LogP contribution in [0.1, 0.15) is 13.8 Å². The molecule has 1 N–H and O–H groups in total. The van der Waals surface area contributed by atoms with Crippen molar-refractivity contribution in [3.8, 4) is 5.88 Å². The van der Waals surface area contributed by atoms with Gasteiger partial charge in [0.05, 0.1) is 0 Å². The van der Waals surface area contributed by atoms with Crippen LogP contribution in [0, 0.1) is 0 Å². The molecule has 1 aromatic rings. The summed E-state index contributed by atoms with van der Waals surface area (Å²) in [5, 5.41) is 3.19. The highest BCUT2D eigenvalue weighted by Crippen LogP contribution is 2.33. The van der Waals surface area contributed by atoms with Crippen molar-refractivity contribution in [3.63, 3.8) is 0 Å². The Bertz CT molecular complexity index is 256. The van der Waals surface area contributed by atoms with Gasteiger partial charge in [0.15, 0.2) is 5.72 Å². The molecule has 58 valence electrons. The summed E-state index contributed by atoms with van der Waals surface area (Å²) in [4.78, 5) is 4.07. The van der Waals surface area contributed by atoms with Crippen LogP contribution in [0.5, 0.6) is 5.88 Å². The highest BCUT2D eigenvalue weighted by molar-refractivity contribution is 5.56. The van der Waals surface area contributed by atoms with Gasteiger partial charge in [-0.15, -0.1) is 0 Å². The minimum Gasteiger partial charge on any atom is -0.450 e. The number of nitrogens with zero attached hydrogens (tertiary/aromatic N) is 1. The van der Waals surface area contributed by atoms with Crippen molar-refractivity contribution in [2.24, 2.45) is 0 Å². The number of nitrogens with one attached hydrogen (secondary N) is 1. The number of hydrogen-bond acceptors (Lipinski definition) is 3. The number of anilines is 1. The molecule has 0 amide bonds. The lowest BCUT2D eigenvalue weighted by Gasteiger charge is -2.17. The Hall–Kier alpha value is -1.25. The Morgan fingerprint density at radius 2 is 2.36 bits per heavy atom. The Morgan fingerprint density at radius 3 is 3.09 bits per heavy atom. The monoisotopic (exact) mass is 150 g/mol. The van der Waals surface area contributed by atoms with Gasteiger partial charge in [0.1, 0.15) is 5.69 Å². The van der Waals surface area contributed by atoms with Crippen molar-refractivity contribution in [1.29, 1.82) is 0 Å². The van der Waals surface area contributed by atoms with Crippen molar-refractivity contribution in [3.05, 3.63) is 18.3 Å². The van der Waals surface area contributed by atoms with Gasteiger partial charge in [-0.25, -0.2) is 4.98 Å². The maximum absolute atomic E-state index is 5.47. The molecule has 1 aliphatic rings. The molecule has 3 heteroatoms. The number of fused-ring (bicyclic) bond motifs is 1. The first-order valence-corrected chi connectivity index (χ1v) is 3.60. The van der Waals surface area contributed by atoms with Gasteiger partial charge in [0.2, 0.25) is 5.88 Å². The van der Waals surface area contributed by atoms with Crippen LogP contribution in [0.25, 0.3) is 0 Å². The lowest BCUT2D eigenvalue weighted by Crippen LogP contribution is -2.31. The molecule has 0 aliphatic carbocycles. The van der Waals surface area contributed by atoms with Crippen molar-refractivity contribution < 1.29 is 4.74 Å². The van der Waals surface area contributed by atoms with Crippen LogP contribution in [-0.4, -0.2) is 10.7 Å². The maximum Gasteiger partial charge on any atom is 0.239 e. The SMILES string of the molecule is CC1(C)Nc2cccnc2O1. The first-order chi connectivity index (χ1) is 5.17. The van der Waals surface area contributed by atoms with E-state index in [1.807, 2.05) is 26.0 Å². The predicted octanol–water partition coefficient (Wildman–Crippen LogP) is 1.62. The summed E-state index contributed by atoms with van der Waals surface area (Å²) in [6, 6.07) is 3.84. The Morgan fingerprint density at radius 1 is 1.55 bits per heavy atom. The van der Waals surface area contributed by atoms with Crippen LogP contribution in [0.2, 0.25) is 0 Å². The van der Waals surface area contributed by atoms with E-state index in [0.717, 1.165) is 5.69 Å². The molecule has 0 saturated heterocycles. The lowest BCUT2D eigenvalue weighted by molar-refractivity contribution is 0.155. The average Bonchev–Trinajstić information content (AvgIpc) is 2.21. The standard InChI is InChI=1S/C8H10N2O/c1-8(2)10-6-4-3-5-9-7(6)11-8/h3-5,10H,1-2H3. The first-order valence-electron chi connectivity index (χ1n) is 3.60. The first kappa shape index (κ1) is 6.46. The molecule has 0 spiro atoms. The molecule has 2 heterocycles. The third-order valence-electron chi connectivity index (χ3n) is 1.56. The van der Waals surface area contributed by atoms with Crippen LogP contribution in [0.15, 0.2) is 18.3 Å². The van der Waals surface area contributed by atoms with Gasteiger partial charge in [0, 0.05) is 6.20 Å². The fourth-order valence-corrected chi connectivity index (χ4v) is 1.16. The zero-order valence-electron chi connectivity index (χ0n) is 6.59. The van der Waals surface area contributed by atoms with Crippen molar-refractivity contribution in [2.75, 3.05) is 5.32 Å². The van der Waals surface area contributed by atoms with Crippen molar-refractivity contribution >= 4 is 5.69 Å². The van der Waals surface area contributed by atoms with Gasteiger partial charge in [-0.1, -0.05) is 0 Å². The smallest absolute Gasteiger partial charge is 0.239 e. The Labute approximate surface area is 65.4 Å². The molecule has 2 rings (SSSR count). The predicted molar refractivity (Wildman–Crippen MR) is 42.6 cm³/mol. The van der Waals surface area contributed by atoms with Gasteiger partial charge in [-0.3, -0.25) is 0 Å². The molecule has 1 aromatic heterocycles. The summed E-state index contributed by atoms with van der Waals surface area (Å²) < 4.78 is 5.47. The fourth-order valence-electron chi connectivity index (χ4n) is 1.16. The molecule has 0 bridgehead atoms. The van der Waals surface area contributed by atoms with Gasteiger partial charge in [-0.2, -0.15) is 0 Å². The van der Waals surface area contributed by atoms with E-state index >= 15 is 0 Å². The highest BCUT2D eigenvalue weighted by Gasteiger charge is 2.29. The summed E-state index contributed by atoms with van der Waals surface area (Å²) in [5.74, 6) is 0.692. The normalized spacial score (nSPS) is 18.4. The zero-order valence-corrected chi connectivity index (χ0v) is 6.59. The van der Waals surface area contributed by atoms with E-state index in [1.54, 1.807) is 6.20 Å². The van der Waals surface area contributed by atoms with E-state index in [1.165, 1.54) is 0 Å². The van der Waals surface area contributed by atoms with Crippen LogP contribution >= 0.6 is 0 Å². The summed E-state index contributed by atoms with van der Waals surface area (Å²) in [5.41, 5.74) is 0.661. The van der Waals surface area contributed by atoms with Crippen molar-refractivity contribution in [1.82, 2.24) is 4.98 Å². The van der Waals surface area contributed by atoms with E-state index < -0.39 is 0 Å². The molecule has 0 fully saturated rings. The third kappa shape index (κ3) is 1.02. The van der Waals surface area contributed by atoms with Crippen LogP contribution in [-0.2, 0) is 0 Å². The second-order valence-corrected chi connectivity index (χ2v) is 3.09. The average molecular weight is 150 g/mol. The highest BCUT2D eigenvalue weighted by atomic mass is 16.5. The van der Waals surface area contributed by atoms with Gasteiger partial charge in [-0.05, 0) is 26.0 Å². The number of ether oxygens (including phenoxy) is 1. The van der Waals surface area contributed by atoms with E-state index in [0.29, 0.717) is 5.88 Å². The Balaban J connectivity index is 2.41. The molecular weight excluding hydrogens is 140 g/mol. The van der Waals surface area contributed by atoms with Crippen LogP contribution in [0.3, 0.4) is 0 Å². The molecule has 0 aromatic carbocycles. The summed E-state index contributed by atoms with van der Waals surface area (Å²) in [6.45, 7) is 3.93. The van der Waals surface area contributed by atoms with Crippen molar-refractivity contribution in [2.45, 2.75) is 19.6 Å². The van der Waals surface area contributed by atoms with Crippen LogP contribution < -0.4 is 10.1 Å². The molecule has 0 atom stereocenters. The Kier molecular flexibility index (Phi) is 1.10. The zero-order chi connectivity index (χ0) is 7.90. The molecule has 0 radical (unpaired) electrons. The number of rotatable bonds is 0. The van der Waals surface area contributed by atoms with E-state index in [9.17, 15) is 0 Å².